The number of nitrogens with two attached hydrogens (primary N) is 1. The van der Waals surface area contributed by atoms with Crippen LogP contribution in [0.2, 0.25) is 0 Å². The highest BCUT2D eigenvalue weighted by molar-refractivity contribution is 5.56. The Morgan fingerprint density at radius 2 is 1.60 bits per heavy atom. The summed E-state index contributed by atoms with van der Waals surface area (Å²) >= 11 is 0. The fourth-order valence-electron chi connectivity index (χ4n) is 3.12. The van der Waals surface area contributed by atoms with Crippen LogP contribution in [0, 0.1) is 0 Å². The summed E-state index contributed by atoms with van der Waals surface area (Å²) in [6.07, 6.45) is 4.20. The van der Waals surface area contributed by atoms with E-state index in [4.69, 9.17) is 10.5 Å². The summed E-state index contributed by atoms with van der Waals surface area (Å²) in [6.45, 7) is 5.63. The summed E-state index contributed by atoms with van der Waals surface area (Å²) in [5, 5.41) is 0. The molecule has 1 unspecified atom stereocenters. The number of ether oxygens (including phenoxy) is 1. The van der Waals surface area contributed by atoms with Crippen LogP contribution in [0.15, 0.2) is 24.3 Å². The number of hydrogen-bond acceptors (Lipinski definition) is 4. The van der Waals surface area contributed by atoms with Crippen molar-refractivity contribution in [2.45, 2.75) is 25.4 Å². The van der Waals surface area contributed by atoms with Gasteiger partial charge < -0.3 is 20.3 Å². The van der Waals surface area contributed by atoms with Crippen molar-refractivity contribution in [2.75, 3.05) is 49.1 Å². The van der Waals surface area contributed by atoms with Crippen LogP contribution in [0.5, 0.6) is 0 Å². The predicted molar refractivity (Wildman–Crippen MR) is 83.5 cm³/mol. The second-order valence-corrected chi connectivity index (χ2v) is 5.74. The molecule has 20 heavy (non-hydrogen) atoms. The molecule has 4 heteroatoms. The Labute approximate surface area is 121 Å². The topological polar surface area (TPSA) is 41.7 Å². The van der Waals surface area contributed by atoms with Gasteiger partial charge in [0.2, 0.25) is 0 Å². The molecule has 2 heterocycles. The molecule has 2 aliphatic rings. The maximum Gasteiger partial charge on any atom is 0.0872 e. The number of benzene rings is 1. The standard InChI is InChI=1S/C16H25N3O/c17-12-16-13-19(10-11-20-16)15-6-4-14(5-7-15)18-8-2-1-3-9-18/h4-7,16H,1-3,8-13,17H2. The zero-order valence-electron chi connectivity index (χ0n) is 12.1. The van der Waals surface area contributed by atoms with Crippen molar-refractivity contribution >= 4 is 11.4 Å². The molecule has 4 nitrogen and oxygen atoms in total. The molecule has 1 aromatic carbocycles. The van der Waals surface area contributed by atoms with Crippen molar-refractivity contribution in [3.05, 3.63) is 24.3 Å². The molecule has 110 valence electrons. The molecular weight excluding hydrogens is 250 g/mol. The summed E-state index contributed by atoms with van der Waals surface area (Å²) < 4.78 is 5.62. The van der Waals surface area contributed by atoms with Gasteiger partial charge in [0.15, 0.2) is 0 Å². The van der Waals surface area contributed by atoms with Gasteiger partial charge in [0, 0.05) is 44.1 Å². The average Bonchev–Trinajstić information content (AvgIpc) is 2.56. The van der Waals surface area contributed by atoms with Gasteiger partial charge in [0.05, 0.1) is 12.7 Å². The first kappa shape index (κ1) is 13.7. The monoisotopic (exact) mass is 275 g/mol. The smallest absolute Gasteiger partial charge is 0.0872 e. The van der Waals surface area contributed by atoms with Crippen LogP contribution in [0.1, 0.15) is 19.3 Å². The SMILES string of the molecule is NCC1CN(c2ccc(N3CCCCC3)cc2)CCO1. The maximum atomic E-state index is 5.71. The third-order valence-corrected chi connectivity index (χ3v) is 4.34. The molecule has 1 aromatic rings. The molecular formula is C16H25N3O. The van der Waals surface area contributed by atoms with Crippen LogP contribution in [0.4, 0.5) is 11.4 Å². The van der Waals surface area contributed by atoms with Crippen LogP contribution in [0.3, 0.4) is 0 Å². The Balaban J connectivity index is 1.66. The Bertz CT molecular complexity index is 414. The normalized spacial score (nSPS) is 23.9. The van der Waals surface area contributed by atoms with Crippen molar-refractivity contribution in [1.82, 2.24) is 0 Å². The van der Waals surface area contributed by atoms with Gasteiger partial charge in [-0.2, -0.15) is 0 Å². The van der Waals surface area contributed by atoms with Crippen molar-refractivity contribution in [3.63, 3.8) is 0 Å². The Morgan fingerprint density at radius 3 is 2.25 bits per heavy atom. The Kier molecular flexibility index (Phi) is 4.43. The summed E-state index contributed by atoms with van der Waals surface area (Å²) in [4.78, 5) is 4.87. The van der Waals surface area contributed by atoms with Gasteiger partial charge >= 0.3 is 0 Å². The molecule has 0 spiro atoms. The van der Waals surface area contributed by atoms with Crippen LogP contribution >= 0.6 is 0 Å². The van der Waals surface area contributed by atoms with Gasteiger partial charge in [0.1, 0.15) is 0 Å². The van der Waals surface area contributed by atoms with E-state index in [1.165, 1.54) is 43.7 Å². The van der Waals surface area contributed by atoms with Crippen molar-refractivity contribution < 1.29 is 4.74 Å². The van der Waals surface area contributed by atoms with E-state index in [0.717, 1.165) is 19.7 Å². The lowest BCUT2D eigenvalue weighted by atomic mass is 10.1. The third-order valence-electron chi connectivity index (χ3n) is 4.34. The molecule has 0 radical (unpaired) electrons. The Morgan fingerprint density at radius 1 is 0.950 bits per heavy atom. The van der Waals surface area contributed by atoms with E-state index in [1.54, 1.807) is 0 Å². The number of hydrogen-bond donors (Lipinski definition) is 1. The largest absolute Gasteiger partial charge is 0.373 e. The van der Waals surface area contributed by atoms with Gasteiger partial charge in [-0.1, -0.05) is 0 Å². The van der Waals surface area contributed by atoms with Gasteiger partial charge in [0.25, 0.3) is 0 Å². The molecule has 2 saturated heterocycles. The highest BCUT2D eigenvalue weighted by Gasteiger charge is 2.19. The van der Waals surface area contributed by atoms with Gasteiger partial charge in [-0.05, 0) is 43.5 Å². The first-order chi connectivity index (χ1) is 9.86. The summed E-state index contributed by atoms with van der Waals surface area (Å²) in [6, 6.07) is 8.99. The molecule has 2 aliphatic heterocycles. The zero-order chi connectivity index (χ0) is 13.8. The number of nitrogens with zero attached hydrogens (tertiary/aromatic N) is 2. The molecule has 2 N–H and O–H groups in total. The van der Waals surface area contributed by atoms with Gasteiger partial charge in [-0.3, -0.25) is 0 Å². The lowest BCUT2D eigenvalue weighted by Gasteiger charge is -2.34. The molecule has 0 bridgehead atoms. The second-order valence-electron chi connectivity index (χ2n) is 5.74. The highest BCUT2D eigenvalue weighted by Crippen LogP contribution is 2.24. The zero-order valence-corrected chi connectivity index (χ0v) is 12.1. The molecule has 1 atom stereocenters. The molecule has 2 fully saturated rings. The van der Waals surface area contributed by atoms with Crippen molar-refractivity contribution in [1.29, 1.82) is 0 Å². The van der Waals surface area contributed by atoms with Crippen molar-refractivity contribution in [3.8, 4) is 0 Å². The molecule has 0 saturated carbocycles. The van der Waals surface area contributed by atoms with E-state index in [9.17, 15) is 0 Å². The maximum absolute atomic E-state index is 5.71. The summed E-state index contributed by atoms with van der Waals surface area (Å²) in [5.74, 6) is 0. The molecule has 0 aliphatic carbocycles. The number of piperidine rings is 1. The number of morpholine rings is 1. The van der Waals surface area contributed by atoms with E-state index >= 15 is 0 Å². The van der Waals surface area contributed by atoms with Crippen LogP contribution in [-0.4, -0.2) is 45.4 Å². The van der Waals surface area contributed by atoms with Crippen molar-refractivity contribution in [2.24, 2.45) is 5.73 Å². The van der Waals surface area contributed by atoms with Gasteiger partial charge in [-0.15, -0.1) is 0 Å². The molecule has 0 amide bonds. The first-order valence-electron chi connectivity index (χ1n) is 7.78. The fourth-order valence-corrected chi connectivity index (χ4v) is 3.12. The fraction of sp³-hybridized carbons (Fsp3) is 0.625. The van der Waals surface area contributed by atoms with E-state index in [1.807, 2.05) is 0 Å². The van der Waals surface area contributed by atoms with Crippen LogP contribution in [-0.2, 0) is 4.74 Å². The van der Waals surface area contributed by atoms with E-state index in [0.29, 0.717) is 6.54 Å². The quantitative estimate of drug-likeness (QED) is 0.914. The minimum Gasteiger partial charge on any atom is -0.373 e. The van der Waals surface area contributed by atoms with E-state index in [-0.39, 0.29) is 6.10 Å². The lowest BCUT2D eigenvalue weighted by Crippen LogP contribution is -2.45. The molecule has 0 aromatic heterocycles. The lowest BCUT2D eigenvalue weighted by molar-refractivity contribution is 0.0466. The minimum absolute atomic E-state index is 0.172. The van der Waals surface area contributed by atoms with Crippen LogP contribution < -0.4 is 15.5 Å². The highest BCUT2D eigenvalue weighted by atomic mass is 16.5. The summed E-state index contributed by atoms with van der Waals surface area (Å²) in [5.41, 5.74) is 8.35. The molecule has 3 rings (SSSR count). The number of anilines is 2. The third kappa shape index (κ3) is 3.07. The van der Waals surface area contributed by atoms with Crippen LogP contribution in [0.25, 0.3) is 0 Å². The second kappa shape index (κ2) is 6.46. The van der Waals surface area contributed by atoms with E-state index < -0.39 is 0 Å². The number of rotatable bonds is 3. The van der Waals surface area contributed by atoms with Gasteiger partial charge in [-0.25, -0.2) is 0 Å². The summed E-state index contributed by atoms with van der Waals surface area (Å²) in [7, 11) is 0. The average molecular weight is 275 g/mol. The minimum atomic E-state index is 0.172. The first-order valence-corrected chi connectivity index (χ1v) is 7.78. The predicted octanol–water partition coefficient (Wildman–Crippen LogP) is 1.84. The Hall–Kier alpha value is -1.26. The van der Waals surface area contributed by atoms with E-state index in [2.05, 4.69) is 34.1 Å².